The molecule has 1 aliphatic carbocycles. The van der Waals surface area contributed by atoms with Crippen LogP contribution in [-0.4, -0.2) is 52.8 Å². The number of carboxylic acid groups (broad SMARTS) is 1. The van der Waals surface area contributed by atoms with Gasteiger partial charge in [-0.05, 0) is 25.0 Å². The second-order valence-corrected chi connectivity index (χ2v) is 4.64. The number of amides is 1. The van der Waals surface area contributed by atoms with Crippen LogP contribution in [0.2, 0.25) is 0 Å². The summed E-state index contributed by atoms with van der Waals surface area (Å²) in [7, 11) is 1.60. The number of carbonyl (C=O) groups excluding carboxylic acids is 1. The Bertz CT molecular complexity index is 465. The highest BCUT2D eigenvalue weighted by molar-refractivity contribution is 5.95. The molecule has 0 unspecified atom stereocenters. The van der Waals surface area contributed by atoms with Crippen LogP contribution in [0.25, 0.3) is 0 Å². The zero-order valence-corrected chi connectivity index (χ0v) is 10.9. The lowest BCUT2D eigenvalue weighted by molar-refractivity contribution is -0.137. The third-order valence-corrected chi connectivity index (χ3v) is 3.14. The second-order valence-electron chi connectivity index (χ2n) is 4.64. The predicted octanol–water partition coefficient (Wildman–Crippen LogP) is 0.824. The Labute approximate surface area is 111 Å². The van der Waals surface area contributed by atoms with Crippen LogP contribution in [0.3, 0.4) is 0 Å². The molecule has 0 bridgehead atoms. The first-order chi connectivity index (χ1) is 9.13. The molecule has 2 rings (SSSR count). The van der Waals surface area contributed by atoms with Crippen molar-refractivity contribution in [1.82, 2.24) is 9.47 Å². The number of methoxy groups -OCH3 is 1. The molecule has 1 amide bonds. The van der Waals surface area contributed by atoms with E-state index >= 15 is 0 Å². The molecule has 6 nitrogen and oxygen atoms in total. The van der Waals surface area contributed by atoms with Crippen molar-refractivity contribution in [2.45, 2.75) is 25.4 Å². The number of carbonyl (C=O) groups is 2. The number of nitrogens with zero attached hydrogens (tertiary/aromatic N) is 2. The Kier molecular flexibility index (Phi) is 4.21. The van der Waals surface area contributed by atoms with Crippen molar-refractivity contribution in [1.29, 1.82) is 0 Å². The fraction of sp³-hybridized carbons (Fsp3) is 0.538. The standard InChI is InChI=1S/C13H18N2O4/c1-19-8-7-14-6-2-3-11(14)13(18)15(9-12(16)17)10-4-5-10/h2-3,6,10H,4-5,7-9H2,1H3,(H,16,17). The van der Waals surface area contributed by atoms with Gasteiger partial charge in [-0.25, -0.2) is 0 Å². The van der Waals surface area contributed by atoms with Crippen molar-refractivity contribution in [3.8, 4) is 0 Å². The molecule has 1 N–H and O–H groups in total. The maximum atomic E-state index is 12.4. The van der Waals surface area contributed by atoms with Crippen molar-refractivity contribution >= 4 is 11.9 Å². The van der Waals surface area contributed by atoms with Gasteiger partial charge in [0.2, 0.25) is 0 Å². The first-order valence-corrected chi connectivity index (χ1v) is 6.30. The lowest BCUT2D eigenvalue weighted by Gasteiger charge is -2.21. The van der Waals surface area contributed by atoms with Crippen LogP contribution in [0.4, 0.5) is 0 Å². The second kappa shape index (κ2) is 5.88. The van der Waals surface area contributed by atoms with Crippen molar-refractivity contribution in [3.05, 3.63) is 24.0 Å². The van der Waals surface area contributed by atoms with E-state index in [-0.39, 0.29) is 18.5 Å². The minimum absolute atomic E-state index is 0.0781. The summed E-state index contributed by atoms with van der Waals surface area (Å²) in [6.07, 6.45) is 3.58. The molecule has 1 fully saturated rings. The average molecular weight is 266 g/mol. The maximum absolute atomic E-state index is 12.4. The van der Waals surface area contributed by atoms with Crippen molar-refractivity contribution in [2.24, 2.45) is 0 Å². The van der Waals surface area contributed by atoms with Crippen LogP contribution < -0.4 is 0 Å². The number of ether oxygens (including phenoxy) is 1. The van der Waals surface area contributed by atoms with Gasteiger partial charge in [-0.1, -0.05) is 0 Å². The van der Waals surface area contributed by atoms with E-state index in [1.807, 2.05) is 0 Å². The molecule has 104 valence electrons. The Morgan fingerprint density at radius 2 is 2.26 bits per heavy atom. The zero-order chi connectivity index (χ0) is 13.8. The number of hydrogen-bond acceptors (Lipinski definition) is 3. The summed E-state index contributed by atoms with van der Waals surface area (Å²) in [6.45, 7) is 0.854. The van der Waals surface area contributed by atoms with Crippen LogP contribution in [0.1, 0.15) is 23.3 Å². The minimum Gasteiger partial charge on any atom is -0.480 e. The molecule has 1 saturated carbocycles. The Balaban J connectivity index is 2.12. The third-order valence-electron chi connectivity index (χ3n) is 3.14. The molecule has 19 heavy (non-hydrogen) atoms. The molecular weight excluding hydrogens is 248 g/mol. The molecule has 0 radical (unpaired) electrons. The van der Waals surface area contributed by atoms with Gasteiger partial charge in [0.15, 0.2) is 0 Å². The van der Waals surface area contributed by atoms with Gasteiger partial charge in [-0.3, -0.25) is 9.59 Å². The summed E-state index contributed by atoms with van der Waals surface area (Å²) in [5.74, 6) is -1.19. The van der Waals surface area contributed by atoms with Gasteiger partial charge >= 0.3 is 5.97 Å². The van der Waals surface area contributed by atoms with Gasteiger partial charge in [-0.15, -0.1) is 0 Å². The SMILES string of the molecule is COCCn1cccc1C(=O)N(CC(=O)O)C1CC1. The summed E-state index contributed by atoms with van der Waals surface area (Å²) >= 11 is 0. The fourth-order valence-electron chi connectivity index (χ4n) is 2.04. The number of rotatable bonds is 7. The summed E-state index contributed by atoms with van der Waals surface area (Å²) in [4.78, 5) is 24.7. The van der Waals surface area contributed by atoms with Gasteiger partial charge in [0.25, 0.3) is 5.91 Å². The molecule has 0 atom stereocenters. The van der Waals surface area contributed by atoms with Crippen molar-refractivity contribution < 1.29 is 19.4 Å². The Morgan fingerprint density at radius 1 is 1.53 bits per heavy atom. The van der Waals surface area contributed by atoms with Gasteiger partial charge in [-0.2, -0.15) is 0 Å². The zero-order valence-electron chi connectivity index (χ0n) is 10.9. The van der Waals surface area contributed by atoms with E-state index in [0.717, 1.165) is 12.8 Å². The fourth-order valence-corrected chi connectivity index (χ4v) is 2.04. The van der Waals surface area contributed by atoms with Crippen LogP contribution in [-0.2, 0) is 16.1 Å². The number of hydrogen-bond donors (Lipinski definition) is 1. The molecular formula is C13H18N2O4. The highest BCUT2D eigenvalue weighted by atomic mass is 16.5. The van der Waals surface area contributed by atoms with Gasteiger partial charge in [0.05, 0.1) is 6.61 Å². The Hall–Kier alpha value is -1.82. The molecule has 0 spiro atoms. The van der Waals surface area contributed by atoms with E-state index in [1.165, 1.54) is 4.90 Å². The first-order valence-electron chi connectivity index (χ1n) is 6.30. The molecule has 0 aromatic carbocycles. The highest BCUT2D eigenvalue weighted by Crippen LogP contribution is 2.28. The lowest BCUT2D eigenvalue weighted by Crippen LogP contribution is -2.38. The highest BCUT2D eigenvalue weighted by Gasteiger charge is 2.35. The van der Waals surface area contributed by atoms with Gasteiger partial charge in [0, 0.05) is 25.9 Å². The average Bonchev–Trinajstić information content (AvgIpc) is 3.11. The lowest BCUT2D eigenvalue weighted by atomic mass is 10.3. The molecule has 0 aliphatic heterocycles. The summed E-state index contributed by atoms with van der Waals surface area (Å²) < 4.78 is 6.79. The predicted molar refractivity (Wildman–Crippen MR) is 68.0 cm³/mol. The van der Waals surface area contributed by atoms with Gasteiger partial charge in [0.1, 0.15) is 12.2 Å². The molecule has 0 saturated heterocycles. The van der Waals surface area contributed by atoms with Crippen LogP contribution in [0, 0.1) is 0 Å². The van der Waals surface area contributed by atoms with E-state index in [4.69, 9.17) is 9.84 Å². The summed E-state index contributed by atoms with van der Waals surface area (Å²) in [6, 6.07) is 3.58. The topological polar surface area (TPSA) is 71.8 Å². The van der Waals surface area contributed by atoms with Gasteiger partial charge < -0.3 is 19.3 Å². The van der Waals surface area contributed by atoms with E-state index < -0.39 is 5.97 Å². The molecule has 6 heteroatoms. The smallest absolute Gasteiger partial charge is 0.323 e. The quantitative estimate of drug-likeness (QED) is 0.793. The largest absolute Gasteiger partial charge is 0.480 e. The van der Waals surface area contributed by atoms with Crippen LogP contribution in [0.5, 0.6) is 0 Å². The minimum atomic E-state index is -0.977. The van der Waals surface area contributed by atoms with Crippen LogP contribution in [0.15, 0.2) is 18.3 Å². The van der Waals surface area contributed by atoms with E-state index in [0.29, 0.717) is 18.8 Å². The summed E-state index contributed by atoms with van der Waals surface area (Å²) in [5, 5.41) is 8.90. The molecule has 1 heterocycles. The maximum Gasteiger partial charge on any atom is 0.323 e. The molecule has 1 aromatic heterocycles. The number of aromatic nitrogens is 1. The van der Waals surface area contributed by atoms with E-state index in [2.05, 4.69) is 0 Å². The molecule has 1 aromatic rings. The normalized spacial score (nSPS) is 14.4. The molecule has 1 aliphatic rings. The monoisotopic (exact) mass is 266 g/mol. The number of aliphatic carboxylic acids is 1. The Morgan fingerprint density at radius 3 is 2.84 bits per heavy atom. The van der Waals surface area contributed by atoms with E-state index in [9.17, 15) is 9.59 Å². The first kappa shape index (κ1) is 13.6. The van der Waals surface area contributed by atoms with Crippen LogP contribution >= 0.6 is 0 Å². The summed E-state index contributed by atoms with van der Waals surface area (Å²) in [5.41, 5.74) is 0.519. The van der Waals surface area contributed by atoms with E-state index in [1.54, 1.807) is 30.0 Å². The number of carboxylic acids is 1. The van der Waals surface area contributed by atoms with Crippen molar-refractivity contribution in [3.63, 3.8) is 0 Å². The van der Waals surface area contributed by atoms with Crippen molar-refractivity contribution in [2.75, 3.05) is 20.3 Å². The third kappa shape index (κ3) is 3.35.